The maximum absolute atomic E-state index is 13.6. The number of hydrogen-bond donors (Lipinski definition) is 4. The van der Waals surface area contributed by atoms with Crippen molar-refractivity contribution in [1.82, 2.24) is 26.2 Å². The molecule has 2 rings (SSSR count). The summed E-state index contributed by atoms with van der Waals surface area (Å²) in [6.45, 7) is 25.9. The van der Waals surface area contributed by atoms with Crippen molar-refractivity contribution in [3.05, 3.63) is 12.7 Å². The maximum Gasteiger partial charge on any atom is 0.315 e. The molecule has 2 aliphatic rings. The molecule has 0 radical (unpaired) electrons. The fourth-order valence-electron chi connectivity index (χ4n) is 4.92. The van der Waals surface area contributed by atoms with E-state index in [1.165, 1.54) is 14.0 Å². The molecule has 10 heteroatoms. The quantitative estimate of drug-likeness (QED) is 0.124. The second kappa shape index (κ2) is 31.5. The second-order valence-electron chi connectivity index (χ2n) is 9.84. The van der Waals surface area contributed by atoms with Crippen LogP contribution in [0, 0.1) is 5.41 Å². The van der Waals surface area contributed by atoms with Crippen molar-refractivity contribution in [2.24, 2.45) is 5.41 Å². The van der Waals surface area contributed by atoms with Gasteiger partial charge in [0.05, 0.1) is 6.04 Å². The third-order valence-electron chi connectivity index (χ3n) is 7.01. The van der Waals surface area contributed by atoms with E-state index in [1.807, 2.05) is 62.3 Å². The van der Waals surface area contributed by atoms with Gasteiger partial charge in [0.25, 0.3) is 0 Å². The summed E-state index contributed by atoms with van der Waals surface area (Å²) in [4.78, 5) is 61.5. The molecule has 5 amide bonds. The van der Waals surface area contributed by atoms with Crippen molar-refractivity contribution >= 4 is 30.0 Å². The predicted molar refractivity (Wildman–Crippen MR) is 184 cm³/mol. The standard InChI is InChI=1S/C22H38N4O4.C4H7NO.4C2H6/c1-5-10-16(15(2)27)24-19(28)17-11-9-14-26(17)20(29)18(25-21(30)23-4)22(3)12-7-6-8-13-22;1-2-3-5-4-6;4*1-2/h16-18H,5-14H2,1-4H3,(H,24,28)(H2,23,25,30);2,4H,1,3H2,(H,5,6);4*1-2H3. The fraction of sp³-hybridized carbons (Fsp3) is 0.794. The molecular weight excluding hydrogens is 558 g/mol. The monoisotopic (exact) mass is 628 g/mol. The number of Topliss-reactive ketones (excluding diaryl/α,β-unsaturated/α-hetero) is 1. The Morgan fingerprint density at radius 3 is 1.89 bits per heavy atom. The number of hydrogen-bond acceptors (Lipinski definition) is 5. The van der Waals surface area contributed by atoms with Crippen LogP contribution in [-0.4, -0.2) is 73.2 Å². The second-order valence-corrected chi connectivity index (χ2v) is 9.84. The van der Waals surface area contributed by atoms with Gasteiger partial charge in [-0.1, -0.05) is 101 Å². The first-order valence-corrected chi connectivity index (χ1v) is 17.0. The van der Waals surface area contributed by atoms with Crippen molar-refractivity contribution in [1.29, 1.82) is 0 Å². The van der Waals surface area contributed by atoms with Crippen LogP contribution in [0.3, 0.4) is 0 Å². The van der Waals surface area contributed by atoms with Gasteiger partial charge in [0.2, 0.25) is 18.2 Å². The Morgan fingerprint density at radius 2 is 1.48 bits per heavy atom. The number of nitrogens with one attached hydrogen (secondary N) is 4. The highest BCUT2D eigenvalue weighted by atomic mass is 16.2. The Morgan fingerprint density at radius 1 is 0.932 bits per heavy atom. The van der Waals surface area contributed by atoms with Gasteiger partial charge in [-0.2, -0.15) is 0 Å². The third kappa shape index (κ3) is 18.7. The Hall–Kier alpha value is -2.91. The SMILES string of the molecule is C=CCNC=O.CC.CC.CC.CC.CCCC(NC(=O)C1CCCN1C(=O)C(NC(=O)NC)C1(C)CCCCC1)C(C)=O. The maximum atomic E-state index is 13.6. The Bertz CT molecular complexity index is 761. The lowest BCUT2D eigenvalue weighted by Crippen LogP contribution is -2.60. The molecule has 260 valence electrons. The average molecular weight is 628 g/mol. The van der Waals surface area contributed by atoms with E-state index in [1.54, 1.807) is 11.0 Å². The Kier molecular flexibility index (Phi) is 34.4. The van der Waals surface area contributed by atoms with Gasteiger partial charge in [0.15, 0.2) is 5.78 Å². The molecule has 1 aliphatic heterocycles. The Labute approximate surface area is 270 Å². The highest BCUT2D eigenvalue weighted by Gasteiger charge is 2.46. The minimum atomic E-state index is -0.676. The van der Waals surface area contributed by atoms with Crippen LogP contribution in [0.1, 0.15) is 134 Å². The largest absolute Gasteiger partial charge is 0.355 e. The van der Waals surface area contributed by atoms with Gasteiger partial charge < -0.3 is 26.2 Å². The lowest BCUT2D eigenvalue weighted by molar-refractivity contribution is -0.143. The van der Waals surface area contributed by atoms with Gasteiger partial charge in [-0.05, 0) is 44.4 Å². The lowest BCUT2D eigenvalue weighted by atomic mass is 9.70. The van der Waals surface area contributed by atoms with Gasteiger partial charge in [-0.15, -0.1) is 6.58 Å². The van der Waals surface area contributed by atoms with E-state index in [4.69, 9.17) is 0 Å². The van der Waals surface area contributed by atoms with Crippen LogP contribution in [0.15, 0.2) is 12.7 Å². The molecule has 2 fully saturated rings. The molecule has 3 unspecified atom stereocenters. The molecular formula is C34H69N5O5. The zero-order valence-corrected chi connectivity index (χ0v) is 30.4. The van der Waals surface area contributed by atoms with Gasteiger partial charge in [0, 0.05) is 20.1 Å². The number of carbonyl (C=O) groups is 5. The molecule has 0 aromatic rings. The smallest absolute Gasteiger partial charge is 0.315 e. The molecule has 0 spiro atoms. The minimum Gasteiger partial charge on any atom is -0.355 e. The first kappa shape index (κ1) is 48.0. The van der Waals surface area contributed by atoms with Crippen LogP contribution >= 0.6 is 0 Å². The number of nitrogens with zero attached hydrogens (tertiary/aromatic N) is 1. The zero-order chi connectivity index (χ0) is 35.1. The molecule has 1 saturated carbocycles. The van der Waals surface area contributed by atoms with Crippen molar-refractivity contribution in [2.45, 2.75) is 152 Å². The van der Waals surface area contributed by atoms with Crippen molar-refractivity contribution < 1.29 is 24.0 Å². The van der Waals surface area contributed by atoms with Gasteiger partial charge in [0.1, 0.15) is 12.1 Å². The lowest BCUT2D eigenvalue weighted by Gasteiger charge is -2.42. The van der Waals surface area contributed by atoms with Crippen LogP contribution in [-0.2, 0) is 19.2 Å². The van der Waals surface area contributed by atoms with Crippen molar-refractivity contribution in [2.75, 3.05) is 20.1 Å². The first-order valence-electron chi connectivity index (χ1n) is 17.0. The molecule has 0 bridgehead atoms. The van der Waals surface area contributed by atoms with Crippen LogP contribution < -0.4 is 21.3 Å². The Balaban J connectivity index is -0.000000488. The summed E-state index contributed by atoms with van der Waals surface area (Å²) in [5, 5.41) is 10.7. The number of ketones is 1. The summed E-state index contributed by atoms with van der Waals surface area (Å²) >= 11 is 0. The summed E-state index contributed by atoms with van der Waals surface area (Å²) in [6.07, 6.45) is 9.83. The zero-order valence-electron chi connectivity index (χ0n) is 30.4. The number of likely N-dealkylation sites (tertiary alicyclic amines) is 1. The van der Waals surface area contributed by atoms with Crippen LogP contribution in [0.2, 0.25) is 0 Å². The summed E-state index contributed by atoms with van der Waals surface area (Å²) < 4.78 is 0. The van der Waals surface area contributed by atoms with Crippen LogP contribution in [0.5, 0.6) is 0 Å². The number of rotatable bonds is 11. The molecule has 4 N–H and O–H groups in total. The molecule has 3 atom stereocenters. The minimum absolute atomic E-state index is 0.0741. The summed E-state index contributed by atoms with van der Waals surface area (Å²) in [7, 11) is 1.53. The molecule has 0 aromatic heterocycles. The van der Waals surface area contributed by atoms with E-state index in [9.17, 15) is 24.0 Å². The highest BCUT2D eigenvalue weighted by molar-refractivity contribution is 5.94. The molecule has 1 saturated heterocycles. The van der Waals surface area contributed by atoms with Gasteiger partial charge in [-0.3, -0.25) is 19.2 Å². The summed E-state index contributed by atoms with van der Waals surface area (Å²) in [5.41, 5.74) is -0.338. The summed E-state index contributed by atoms with van der Waals surface area (Å²) in [5.74, 6) is -0.549. The topological polar surface area (TPSA) is 137 Å². The van der Waals surface area contributed by atoms with Gasteiger partial charge >= 0.3 is 6.03 Å². The van der Waals surface area contributed by atoms with Crippen molar-refractivity contribution in [3.8, 4) is 0 Å². The number of urea groups is 1. The summed E-state index contributed by atoms with van der Waals surface area (Å²) in [6, 6.07) is -2.18. The van der Waals surface area contributed by atoms with Crippen molar-refractivity contribution in [3.63, 3.8) is 0 Å². The van der Waals surface area contributed by atoms with E-state index in [0.29, 0.717) is 32.3 Å². The van der Waals surface area contributed by atoms with E-state index < -0.39 is 18.1 Å². The van der Waals surface area contributed by atoms with E-state index in [0.717, 1.165) is 44.9 Å². The molecule has 44 heavy (non-hydrogen) atoms. The predicted octanol–water partition coefficient (Wildman–Crippen LogP) is 6.14. The fourth-order valence-corrected chi connectivity index (χ4v) is 4.92. The highest BCUT2D eigenvalue weighted by Crippen LogP contribution is 2.40. The average Bonchev–Trinajstić information content (AvgIpc) is 3.57. The third-order valence-corrected chi connectivity index (χ3v) is 7.01. The van der Waals surface area contributed by atoms with Crippen LogP contribution in [0.4, 0.5) is 4.79 Å². The molecule has 1 aliphatic carbocycles. The molecule has 0 aromatic carbocycles. The van der Waals surface area contributed by atoms with E-state index in [2.05, 4.69) is 34.8 Å². The number of amides is 5. The normalized spacial score (nSPS) is 16.9. The van der Waals surface area contributed by atoms with E-state index in [-0.39, 0.29) is 29.0 Å². The van der Waals surface area contributed by atoms with E-state index >= 15 is 0 Å². The first-order chi connectivity index (χ1) is 21.1. The molecule has 1 heterocycles. The number of carbonyl (C=O) groups excluding carboxylic acids is 5. The molecule has 10 nitrogen and oxygen atoms in total. The van der Waals surface area contributed by atoms with Gasteiger partial charge in [-0.25, -0.2) is 4.79 Å². The van der Waals surface area contributed by atoms with Crippen LogP contribution in [0.25, 0.3) is 0 Å².